The predicted molar refractivity (Wildman–Crippen MR) is 76.0 cm³/mol. The number of nitrogens with zero attached hydrogens (tertiary/aromatic N) is 3. The molecule has 0 aliphatic heterocycles. The first kappa shape index (κ1) is 13.2. The number of aryl methyl sites for hydroxylation is 3. The van der Waals surface area contributed by atoms with Gasteiger partial charge in [0.2, 0.25) is 0 Å². The standard InChI is InChI=1S/C15H18N4/c1-11-6-4-5-7-13(11)8-9-17-15-14(10-16)12(2)18-19(15)3/h4-7,17H,8-9H2,1-3H3. The molecule has 2 rings (SSSR count). The second kappa shape index (κ2) is 5.57. The Morgan fingerprint density at radius 2 is 2.05 bits per heavy atom. The average molecular weight is 254 g/mol. The molecule has 0 bridgehead atoms. The summed E-state index contributed by atoms with van der Waals surface area (Å²) >= 11 is 0. The lowest BCUT2D eigenvalue weighted by Gasteiger charge is -2.08. The zero-order chi connectivity index (χ0) is 13.8. The summed E-state index contributed by atoms with van der Waals surface area (Å²) in [7, 11) is 1.85. The summed E-state index contributed by atoms with van der Waals surface area (Å²) in [5.74, 6) is 0.800. The smallest absolute Gasteiger partial charge is 0.142 e. The van der Waals surface area contributed by atoms with Crippen molar-refractivity contribution in [1.29, 1.82) is 5.26 Å². The fourth-order valence-electron chi connectivity index (χ4n) is 2.20. The van der Waals surface area contributed by atoms with Crippen molar-refractivity contribution in [2.75, 3.05) is 11.9 Å². The highest BCUT2D eigenvalue weighted by atomic mass is 15.3. The third-order valence-corrected chi connectivity index (χ3v) is 3.28. The monoisotopic (exact) mass is 254 g/mol. The van der Waals surface area contributed by atoms with Crippen LogP contribution in [-0.2, 0) is 13.5 Å². The average Bonchev–Trinajstić information content (AvgIpc) is 2.66. The van der Waals surface area contributed by atoms with Crippen LogP contribution in [0.2, 0.25) is 0 Å². The number of hydrogen-bond donors (Lipinski definition) is 1. The highest BCUT2D eigenvalue weighted by Crippen LogP contribution is 2.17. The van der Waals surface area contributed by atoms with Crippen molar-refractivity contribution in [3.05, 3.63) is 46.6 Å². The molecule has 0 atom stereocenters. The summed E-state index contributed by atoms with van der Waals surface area (Å²) in [5.41, 5.74) is 4.02. The van der Waals surface area contributed by atoms with E-state index in [-0.39, 0.29) is 0 Å². The summed E-state index contributed by atoms with van der Waals surface area (Å²) in [6, 6.07) is 10.5. The summed E-state index contributed by atoms with van der Waals surface area (Å²) in [4.78, 5) is 0. The number of benzene rings is 1. The van der Waals surface area contributed by atoms with Gasteiger partial charge in [0.25, 0.3) is 0 Å². The quantitative estimate of drug-likeness (QED) is 0.912. The molecule has 1 N–H and O–H groups in total. The van der Waals surface area contributed by atoms with Gasteiger partial charge in [-0.15, -0.1) is 0 Å². The van der Waals surface area contributed by atoms with Gasteiger partial charge >= 0.3 is 0 Å². The molecule has 0 saturated carbocycles. The lowest BCUT2D eigenvalue weighted by molar-refractivity contribution is 0.757. The van der Waals surface area contributed by atoms with E-state index in [1.54, 1.807) is 4.68 Å². The van der Waals surface area contributed by atoms with Gasteiger partial charge in [0.15, 0.2) is 0 Å². The molecule has 0 amide bonds. The Balaban J connectivity index is 2.05. The number of nitrogens with one attached hydrogen (secondary N) is 1. The molecule has 0 aliphatic rings. The Hall–Kier alpha value is -2.28. The highest BCUT2D eigenvalue weighted by molar-refractivity contribution is 5.55. The Morgan fingerprint density at radius 3 is 2.74 bits per heavy atom. The Kier molecular flexibility index (Phi) is 3.86. The maximum atomic E-state index is 9.13. The second-order valence-corrected chi connectivity index (χ2v) is 4.65. The maximum Gasteiger partial charge on any atom is 0.142 e. The van der Waals surface area contributed by atoms with Gasteiger partial charge in [-0.25, -0.2) is 0 Å². The minimum absolute atomic E-state index is 0.632. The summed E-state index contributed by atoms with van der Waals surface area (Å²) < 4.78 is 1.73. The minimum Gasteiger partial charge on any atom is -0.369 e. The summed E-state index contributed by atoms with van der Waals surface area (Å²) in [6.07, 6.45) is 0.932. The summed E-state index contributed by atoms with van der Waals surface area (Å²) in [5, 5.41) is 16.7. The van der Waals surface area contributed by atoms with Gasteiger partial charge < -0.3 is 5.32 Å². The molecule has 2 aromatic rings. The third kappa shape index (κ3) is 2.76. The number of hydrogen-bond acceptors (Lipinski definition) is 3. The Labute approximate surface area is 113 Å². The van der Waals surface area contributed by atoms with Crippen molar-refractivity contribution in [3.8, 4) is 6.07 Å². The molecule has 98 valence electrons. The zero-order valence-electron chi connectivity index (χ0n) is 11.6. The van der Waals surface area contributed by atoms with Crippen molar-refractivity contribution in [2.45, 2.75) is 20.3 Å². The van der Waals surface area contributed by atoms with E-state index in [9.17, 15) is 0 Å². The van der Waals surface area contributed by atoms with Crippen LogP contribution in [0.5, 0.6) is 0 Å². The van der Waals surface area contributed by atoms with E-state index < -0.39 is 0 Å². The van der Waals surface area contributed by atoms with Gasteiger partial charge in [0.1, 0.15) is 17.5 Å². The molecule has 1 aromatic heterocycles. The van der Waals surface area contributed by atoms with Crippen molar-refractivity contribution in [2.24, 2.45) is 7.05 Å². The Bertz CT molecular complexity index is 620. The molecule has 0 fully saturated rings. The highest BCUT2D eigenvalue weighted by Gasteiger charge is 2.11. The van der Waals surface area contributed by atoms with Gasteiger partial charge in [-0.2, -0.15) is 10.4 Å². The van der Waals surface area contributed by atoms with Crippen LogP contribution in [0.15, 0.2) is 24.3 Å². The first-order valence-electron chi connectivity index (χ1n) is 6.35. The van der Waals surface area contributed by atoms with Crippen LogP contribution in [0.25, 0.3) is 0 Å². The molecule has 0 spiro atoms. The van der Waals surface area contributed by atoms with Gasteiger partial charge in [0, 0.05) is 13.6 Å². The van der Waals surface area contributed by atoms with E-state index in [0.717, 1.165) is 24.5 Å². The fourth-order valence-corrected chi connectivity index (χ4v) is 2.20. The van der Waals surface area contributed by atoms with Crippen molar-refractivity contribution >= 4 is 5.82 Å². The van der Waals surface area contributed by atoms with Crippen LogP contribution in [0, 0.1) is 25.2 Å². The van der Waals surface area contributed by atoms with Gasteiger partial charge in [-0.05, 0) is 31.4 Å². The molecular weight excluding hydrogens is 236 g/mol. The SMILES string of the molecule is Cc1ccccc1CCNc1c(C#N)c(C)nn1C. The molecule has 0 aliphatic carbocycles. The number of aromatic nitrogens is 2. The van der Waals surface area contributed by atoms with E-state index in [0.29, 0.717) is 5.56 Å². The lowest BCUT2D eigenvalue weighted by Crippen LogP contribution is -2.10. The molecule has 4 nitrogen and oxygen atoms in total. The van der Waals surface area contributed by atoms with E-state index >= 15 is 0 Å². The zero-order valence-corrected chi connectivity index (χ0v) is 11.6. The van der Waals surface area contributed by atoms with E-state index in [2.05, 4.69) is 41.6 Å². The molecule has 1 aromatic carbocycles. The fraction of sp³-hybridized carbons (Fsp3) is 0.333. The van der Waals surface area contributed by atoms with Crippen LogP contribution in [0.1, 0.15) is 22.4 Å². The molecule has 1 heterocycles. The maximum absolute atomic E-state index is 9.13. The topological polar surface area (TPSA) is 53.6 Å². The molecule has 0 radical (unpaired) electrons. The van der Waals surface area contributed by atoms with Gasteiger partial charge in [0.05, 0.1) is 5.69 Å². The van der Waals surface area contributed by atoms with Crippen LogP contribution < -0.4 is 5.32 Å². The van der Waals surface area contributed by atoms with Crippen LogP contribution in [0.4, 0.5) is 5.82 Å². The predicted octanol–water partition coefficient (Wildman–Crippen LogP) is 2.56. The van der Waals surface area contributed by atoms with E-state index in [4.69, 9.17) is 5.26 Å². The largest absolute Gasteiger partial charge is 0.369 e. The van der Waals surface area contributed by atoms with Crippen molar-refractivity contribution in [1.82, 2.24) is 9.78 Å². The third-order valence-electron chi connectivity index (χ3n) is 3.28. The normalized spacial score (nSPS) is 10.2. The second-order valence-electron chi connectivity index (χ2n) is 4.65. The molecule has 4 heteroatoms. The van der Waals surface area contributed by atoms with E-state index in [1.165, 1.54) is 11.1 Å². The molecule has 0 unspecified atom stereocenters. The van der Waals surface area contributed by atoms with E-state index in [1.807, 2.05) is 20.0 Å². The number of rotatable bonds is 4. The Morgan fingerprint density at radius 1 is 1.32 bits per heavy atom. The van der Waals surface area contributed by atoms with Gasteiger partial charge in [-0.3, -0.25) is 4.68 Å². The van der Waals surface area contributed by atoms with Crippen LogP contribution in [0.3, 0.4) is 0 Å². The van der Waals surface area contributed by atoms with Crippen LogP contribution >= 0.6 is 0 Å². The van der Waals surface area contributed by atoms with Gasteiger partial charge in [-0.1, -0.05) is 24.3 Å². The lowest BCUT2D eigenvalue weighted by atomic mass is 10.1. The van der Waals surface area contributed by atoms with Crippen molar-refractivity contribution in [3.63, 3.8) is 0 Å². The minimum atomic E-state index is 0.632. The number of anilines is 1. The molecule has 19 heavy (non-hydrogen) atoms. The first-order chi connectivity index (χ1) is 9.13. The van der Waals surface area contributed by atoms with Crippen molar-refractivity contribution < 1.29 is 0 Å². The molecule has 0 saturated heterocycles. The first-order valence-corrected chi connectivity index (χ1v) is 6.35. The molecular formula is C15H18N4. The summed E-state index contributed by atoms with van der Waals surface area (Å²) in [6.45, 7) is 4.76. The number of nitriles is 1. The van der Waals surface area contributed by atoms with Crippen LogP contribution in [-0.4, -0.2) is 16.3 Å².